The topological polar surface area (TPSA) is 58.2 Å². The van der Waals surface area contributed by atoms with Crippen LogP contribution in [0.2, 0.25) is 10.0 Å². The fraction of sp³-hybridized carbons (Fsp3) is 0.455. The average Bonchev–Trinajstić information content (AvgIpc) is 2.78. The fourth-order valence-corrected chi connectivity index (χ4v) is 3.76. The van der Waals surface area contributed by atoms with Crippen molar-refractivity contribution in [3.05, 3.63) is 28.2 Å². The second kappa shape index (κ2) is 5.75. The summed E-state index contributed by atoms with van der Waals surface area (Å²) in [6, 6.07) is 4.54. The van der Waals surface area contributed by atoms with Crippen LogP contribution in [0.1, 0.15) is 12.8 Å². The zero-order valence-corrected chi connectivity index (χ0v) is 11.9. The van der Waals surface area contributed by atoms with Crippen LogP contribution in [0.15, 0.2) is 23.1 Å². The molecule has 18 heavy (non-hydrogen) atoms. The predicted octanol–water partition coefficient (Wildman–Crippen LogP) is 2.02. The lowest BCUT2D eigenvalue weighted by Gasteiger charge is -2.12. The first-order chi connectivity index (χ1) is 8.49. The van der Waals surface area contributed by atoms with Gasteiger partial charge in [0, 0.05) is 17.6 Å². The fourth-order valence-electron chi connectivity index (χ4n) is 1.91. The molecule has 1 aromatic carbocycles. The molecule has 100 valence electrons. The second-order valence-corrected chi connectivity index (χ2v) is 6.80. The molecule has 1 aliphatic heterocycles. The molecule has 1 fully saturated rings. The standard InChI is InChI=1S/C11H14Cl2N2O2S/c12-8-3-4-11(10(13)6-8)18(16,17)15-7-9-2-1-5-14-9/h3-4,6,9,14-15H,1-2,5,7H2. The third-order valence-electron chi connectivity index (χ3n) is 2.87. The van der Waals surface area contributed by atoms with Crippen molar-refractivity contribution in [3.63, 3.8) is 0 Å². The molecule has 7 heteroatoms. The lowest BCUT2D eigenvalue weighted by atomic mass is 10.2. The van der Waals surface area contributed by atoms with Crippen molar-refractivity contribution in [1.29, 1.82) is 0 Å². The van der Waals surface area contributed by atoms with Crippen LogP contribution in [-0.4, -0.2) is 27.5 Å². The van der Waals surface area contributed by atoms with Gasteiger partial charge in [-0.25, -0.2) is 13.1 Å². The molecule has 1 atom stereocenters. The minimum atomic E-state index is -3.58. The van der Waals surface area contributed by atoms with Crippen molar-refractivity contribution in [2.24, 2.45) is 0 Å². The van der Waals surface area contributed by atoms with Crippen LogP contribution >= 0.6 is 23.2 Å². The number of rotatable bonds is 4. The first kappa shape index (κ1) is 14.1. The normalized spacial score (nSPS) is 20.2. The number of benzene rings is 1. The maximum absolute atomic E-state index is 12.1. The molecule has 1 saturated heterocycles. The van der Waals surface area contributed by atoms with Gasteiger partial charge < -0.3 is 5.32 Å². The van der Waals surface area contributed by atoms with Crippen LogP contribution < -0.4 is 10.0 Å². The minimum absolute atomic E-state index is 0.0616. The van der Waals surface area contributed by atoms with Gasteiger partial charge in [-0.05, 0) is 37.6 Å². The molecule has 0 bridgehead atoms. The molecule has 1 aromatic rings. The maximum atomic E-state index is 12.1. The molecule has 0 saturated carbocycles. The van der Waals surface area contributed by atoms with Crippen molar-refractivity contribution < 1.29 is 8.42 Å². The predicted molar refractivity (Wildman–Crippen MR) is 72.7 cm³/mol. The van der Waals surface area contributed by atoms with E-state index in [9.17, 15) is 8.42 Å². The van der Waals surface area contributed by atoms with E-state index >= 15 is 0 Å². The zero-order chi connectivity index (χ0) is 13.2. The Morgan fingerprint density at radius 2 is 2.17 bits per heavy atom. The van der Waals surface area contributed by atoms with E-state index in [0.717, 1.165) is 19.4 Å². The van der Waals surface area contributed by atoms with Gasteiger partial charge in [-0.15, -0.1) is 0 Å². The Labute approximate surface area is 117 Å². The molecule has 0 aromatic heterocycles. The number of hydrogen-bond acceptors (Lipinski definition) is 3. The average molecular weight is 309 g/mol. The number of halogens is 2. The Balaban J connectivity index is 2.09. The molecule has 2 rings (SSSR count). The van der Waals surface area contributed by atoms with Gasteiger partial charge in [0.25, 0.3) is 0 Å². The summed E-state index contributed by atoms with van der Waals surface area (Å²) in [5, 5.41) is 3.77. The second-order valence-electron chi connectivity index (χ2n) is 4.22. The Kier molecular flexibility index (Phi) is 4.50. The molecule has 0 spiro atoms. The van der Waals surface area contributed by atoms with Crippen molar-refractivity contribution in [3.8, 4) is 0 Å². The van der Waals surface area contributed by atoms with Crippen LogP contribution in [0.25, 0.3) is 0 Å². The first-order valence-electron chi connectivity index (χ1n) is 5.67. The summed E-state index contributed by atoms with van der Waals surface area (Å²) in [4.78, 5) is 0.0616. The van der Waals surface area contributed by atoms with Gasteiger partial charge in [-0.1, -0.05) is 23.2 Å². The minimum Gasteiger partial charge on any atom is -0.313 e. The summed E-state index contributed by atoms with van der Waals surface area (Å²) in [7, 11) is -3.58. The molecular formula is C11H14Cl2N2O2S. The highest BCUT2D eigenvalue weighted by Gasteiger charge is 2.21. The molecule has 4 nitrogen and oxygen atoms in total. The monoisotopic (exact) mass is 308 g/mol. The van der Waals surface area contributed by atoms with Crippen molar-refractivity contribution >= 4 is 33.2 Å². The zero-order valence-electron chi connectivity index (χ0n) is 9.62. The Bertz CT molecular complexity index is 528. The van der Waals surface area contributed by atoms with Gasteiger partial charge in [-0.3, -0.25) is 0 Å². The number of sulfonamides is 1. The Morgan fingerprint density at radius 3 is 2.78 bits per heavy atom. The largest absolute Gasteiger partial charge is 0.313 e. The van der Waals surface area contributed by atoms with Crippen molar-refractivity contribution in [1.82, 2.24) is 10.0 Å². The van der Waals surface area contributed by atoms with E-state index in [1.54, 1.807) is 0 Å². The van der Waals surface area contributed by atoms with E-state index in [2.05, 4.69) is 10.0 Å². The van der Waals surface area contributed by atoms with Gasteiger partial charge in [0.2, 0.25) is 10.0 Å². The molecule has 2 N–H and O–H groups in total. The SMILES string of the molecule is O=S(=O)(NCC1CCCN1)c1ccc(Cl)cc1Cl. The van der Waals surface area contributed by atoms with Crippen molar-refractivity contribution in [2.75, 3.05) is 13.1 Å². The van der Waals surface area contributed by atoms with E-state index in [-0.39, 0.29) is 16.0 Å². The summed E-state index contributed by atoms with van der Waals surface area (Å²) in [5.41, 5.74) is 0. The van der Waals surface area contributed by atoms with Crippen LogP contribution in [0.5, 0.6) is 0 Å². The van der Waals surface area contributed by atoms with Crippen LogP contribution in [0.3, 0.4) is 0 Å². The Hall–Kier alpha value is -0.330. The molecule has 1 heterocycles. The highest BCUT2D eigenvalue weighted by atomic mass is 35.5. The van der Waals surface area contributed by atoms with E-state index in [0.29, 0.717) is 11.6 Å². The van der Waals surface area contributed by atoms with Crippen molar-refractivity contribution in [2.45, 2.75) is 23.8 Å². The molecule has 0 amide bonds. The van der Waals surface area contributed by atoms with Gasteiger partial charge in [0.15, 0.2) is 0 Å². The van der Waals surface area contributed by atoms with E-state index in [1.807, 2.05) is 0 Å². The van der Waals surface area contributed by atoms with E-state index in [4.69, 9.17) is 23.2 Å². The third kappa shape index (κ3) is 3.36. The molecular weight excluding hydrogens is 295 g/mol. The van der Waals surface area contributed by atoms with Crippen LogP contribution in [0, 0.1) is 0 Å². The Morgan fingerprint density at radius 1 is 1.39 bits per heavy atom. The highest BCUT2D eigenvalue weighted by Crippen LogP contribution is 2.24. The molecule has 1 unspecified atom stereocenters. The van der Waals surface area contributed by atoms with Gasteiger partial charge in [-0.2, -0.15) is 0 Å². The quantitative estimate of drug-likeness (QED) is 0.894. The summed E-state index contributed by atoms with van der Waals surface area (Å²) in [6.07, 6.45) is 2.06. The van der Waals surface area contributed by atoms with E-state index < -0.39 is 10.0 Å². The van der Waals surface area contributed by atoms with Gasteiger partial charge >= 0.3 is 0 Å². The first-order valence-corrected chi connectivity index (χ1v) is 7.91. The summed E-state index contributed by atoms with van der Waals surface area (Å²) in [5.74, 6) is 0. The van der Waals surface area contributed by atoms with Gasteiger partial charge in [0.05, 0.1) is 5.02 Å². The third-order valence-corrected chi connectivity index (χ3v) is 5.01. The summed E-state index contributed by atoms with van der Waals surface area (Å²) in [6.45, 7) is 1.31. The maximum Gasteiger partial charge on any atom is 0.242 e. The summed E-state index contributed by atoms with van der Waals surface area (Å²) >= 11 is 11.6. The lowest BCUT2D eigenvalue weighted by molar-refractivity contribution is 0.552. The van der Waals surface area contributed by atoms with Gasteiger partial charge in [0.1, 0.15) is 4.90 Å². The van der Waals surface area contributed by atoms with Crippen LogP contribution in [-0.2, 0) is 10.0 Å². The lowest BCUT2D eigenvalue weighted by Crippen LogP contribution is -2.37. The smallest absolute Gasteiger partial charge is 0.242 e. The van der Waals surface area contributed by atoms with E-state index in [1.165, 1.54) is 18.2 Å². The number of nitrogens with one attached hydrogen (secondary N) is 2. The molecule has 0 radical (unpaired) electrons. The molecule has 1 aliphatic rings. The number of hydrogen-bond donors (Lipinski definition) is 2. The summed E-state index contributed by atoms with van der Waals surface area (Å²) < 4.78 is 26.7. The van der Waals surface area contributed by atoms with Crippen LogP contribution in [0.4, 0.5) is 0 Å². The highest BCUT2D eigenvalue weighted by molar-refractivity contribution is 7.89. The molecule has 0 aliphatic carbocycles.